The number of hydrogen-bond acceptors (Lipinski definition) is 4. The molecule has 7 aromatic rings. The van der Waals surface area contributed by atoms with Crippen LogP contribution in [-0.4, -0.2) is 24.5 Å². The number of rotatable bonds is 6. The summed E-state index contributed by atoms with van der Waals surface area (Å²) in [4.78, 5) is 19.6. The third-order valence-electron chi connectivity index (χ3n) is 7.48. The molecule has 202 valence electrons. The van der Waals surface area contributed by atoms with Crippen molar-refractivity contribution in [3.8, 4) is 51.2 Å². The zero-order valence-corrected chi connectivity index (χ0v) is 23.5. The van der Waals surface area contributed by atoms with Gasteiger partial charge in [0.05, 0.1) is 11.0 Å². The Kier molecular flexibility index (Phi) is 6.61. The molecule has 5 nitrogen and oxygen atoms in total. The van der Waals surface area contributed by atoms with Crippen molar-refractivity contribution in [2.24, 2.45) is 0 Å². The summed E-state index contributed by atoms with van der Waals surface area (Å²) in [6.07, 6.45) is 0. The molecule has 0 saturated carbocycles. The minimum Gasteiger partial charge on any atom is -0.292 e. The van der Waals surface area contributed by atoms with Crippen LogP contribution in [-0.2, 0) is 0 Å². The van der Waals surface area contributed by atoms with E-state index in [0.717, 1.165) is 44.8 Å². The Morgan fingerprint density at radius 3 is 1.48 bits per heavy atom. The van der Waals surface area contributed by atoms with E-state index in [-0.39, 0.29) is 0 Å². The van der Waals surface area contributed by atoms with Crippen molar-refractivity contribution >= 4 is 11.0 Å². The molecule has 0 unspecified atom stereocenters. The summed E-state index contributed by atoms with van der Waals surface area (Å²) in [5, 5.41) is 0. The van der Waals surface area contributed by atoms with Gasteiger partial charge in [-0.25, -0.2) is 19.9 Å². The molecule has 0 aliphatic heterocycles. The SMILES string of the molecule is CC(C)c1ccc(-n2c(-c3ccc(-c4nc(-c5ccccc5)nc(-c5ccccc5)n4)cc3)nc3ccccc32)cc1. The molecule has 0 aliphatic carbocycles. The van der Waals surface area contributed by atoms with Crippen LogP contribution in [0.15, 0.2) is 133 Å². The maximum atomic E-state index is 5.05. The average Bonchev–Trinajstić information content (AvgIpc) is 3.45. The Hall–Kier alpha value is -5.42. The quantitative estimate of drug-likeness (QED) is 0.210. The lowest BCUT2D eigenvalue weighted by molar-refractivity contribution is 0.865. The van der Waals surface area contributed by atoms with Gasteiger partial charge in [0.15, 0.2) is 17.5 Å². The summed E-state index contributed by atoms with van der Waals surface area (Å²) in [6, 6.07) is 45.5. The van der Waals surface area contributed by atoms with Gasteiger partial charge in [-0.05, 0) is 35.7 Å². The third-order valence-corrected chi connectivity index (χ3v) is 7.48. The van der Waals surface area contributed by atoms with Gasteiger partial charge in [0.2, 0.25) is 0 Å². The molecule has 0 amide bonds. The van der Waals surface area contributed by atoms with E-state index in [1.807, 2.05) is 66.7 Å². The molecule has 0 radical (unpaired) electrons. The van der Waals surface area contributed by atoms with E-state index in [4.69, 9.17) is 19.9 Å². The molecule has 0 atom stereocenters. The Morgan fingerprint density at radius 2 is 0.929 bits per heavy atom. The van der Waals surface area contributed by atoms with Crippen molar-refractivity contribution in [2.45, 2.75) is 19.8 Å². The minimum atomic E-state index is 0.478. The van der Waals surface area contributed by atoms with E-state index < -0.39 is 0 Å². The summed E-state index contributed by atoms with van der Waals surface area (Å²) in [5.41, 5.74) is 8.27. The number of nitrogens with zero attached hydrogens (tertiary/aromatic N) is 5. The molecule has 0 saturated heterocycles. The van der Waals surface area contributed by atoms with Crippen LogP contribution in [0.2, 0.25) is 0 Å². The second kappa shape index (κ2) is 10.9. The van der Waals surface area contributed by atoms with Crippen LogP contribution >= 0.6 is 0 Å². The molecule has 0 bridgehead atoms. The Bertz CT molecular complexity index is 1920. The zero-order chi connectivity index (χ0) is 28.5. The molecule has 5 heteroatoms. The second-order valence-electron chi connectivity index (χ2n) is 10.6. The Labute approximate surface area is 245 Å². The van der Waals surface area contributed by atoms with Crippen LogP contribution in [0.3, 0.4) is 0 Å². The van der Waals surface area contributed by atoms with Crippen LogP contribution in [0, 0.1) is 0 Å². The van der Waals surface area contributed by atoms with Crippen LogP contribution in [0.4, 0.5) is 0 Å². The highest BCUT2D eigenvalue weighted by molar-refractivity contribution is 5.83. The van der Waals surface area contributed by atoms with Gasteiger partial charge < -0.3 is 0 Å². The number of para-hydroxylation sites is 2. The van der Waals surface area contributed by atoms with Gasteiger partial charge in [-0.15, -0.1) is 0 Å². The normalized spacial score (nSPS) is 11.3. The molecule has 0 N–H and O–H groups in total. The van der Waals surface area contributed by atoms with Gasteiger partial charge in [-0.1, -0.05) is 123 Å². The van der Waals surface area contributed by atoms with Crippen LogP contribution in [0.1, 0.15) is 25.3 Å². The van der Waals surface area contributed by atoms with E-state index >= 15 is 0 Å². The maximum Gasteiger partial charge on any atom is 0.164 e. The van der Waals surface area contributed by atoms with E-state index in [9.17, 15) is 0 Å². The lowest BCUT2D eigenvalue weighted by Crippen LogP contribution is -2.00. The molecular formula is C37H29N5. The van der Waals surface area contributed by atoms with Crippen molar-refractivity contribution in [3.05, 3.63) is 139 Å². The second-order valence-corrected chi connectivity index (χ2v) is 10.6. The Morgan fingerprint density at radius 1 is 0.452 bits per heavy atom. The van der Waals surface area contributed by atoms with Crippen LogP contribution < -0.4 is 0 Å². The highest BCUT2D eigenvalue weighted by Crippen LogP contribution is 2.31. The monoisotopic (exact) mass is 543 g/mol. The summed E-state index contributed by atoms with van der Waals surface area (Å²) >= 11 is 0. The first-order chi connectivity index (χ1) is 20.6. The summed E-state index contributed by atoms with van der Waals surface area (Å²) in [5.74, 6) is 3.30. The van der Waals surface area contributed by atoms with Crippen molar-refractivity contribution in [1.29, 1.82) is 0 Å². The number of aromatic nitrogens is 5. The van der Waals surface area contributed by atoms with Gasteiger partial charge in [0.25, 0.3) is 0 Å². The fourth-order valence-corrected chi connectivity index (χ4v) is 5.20. The molecule has 7 rings (SSSR count). The molecular weight excluding hydrogens is 514 g/mol. The lowest BCUT2D eigenvalue weighted by Gasteiger charge is -2.12. The fourth-order valence-electron chi connectivity index (χ4n) is 5.20. The molecule has 0 spiro atoms. The van der Waals surface area contributed by atoms with Gasteiger partial charge in [-0.3, -0.25) is 4.57 Å². The first-order valence-corrected chi connectivity index (χ1v) is 14.2. The number of fused-ring (bicyclic) bond motifs is 1. The fraction of sp³-hybridized carbons (Fsp3) is 0.0811. The van der Waals surface area contributed by atoms with Gasteiger partial charge >= 0.3 is 0 Å². The van der Waals surface area contributed by atoms with E-state index in [2.05, 4.69) is 85.1 Å². The molecule has 2 heterocycles. The van der Waals surface area contributed by atoms with E-state index in [0.29, 0.717) is 23.4 Å². The predicted molar refractivity (Wildman–Crippen MR) is 170 cm³/mol. The maximum absolute atomic E-state index is 5.05. The van der Waals surface area contributed by atoms with Gasteiger partial charge in [0, 0.05) is 27.9 Å². The summed E-state index contributed by atoms with van der Waals surface area (Å²) in [6.45, 7) is 4.43. The highest BCUT2D eigenvalue weighted by Gasteiger charge is 2.16. The standard InChI is InChI=1S/C37H29N5/c1-25(2)26-21-23-31(24-22-26)42-33-16-10-9-15-32(33)38-37(42)30-19-17-29(18-20-30)36-40-34(27-11-5-3-6-12-27)39-35(41-36)28-13-7-4-8-14-28/h3-25H,1-2H3. The number of hydrogen-bond donors (Lipinski definition) is 0. The molecule has 2 aromatic heterocycles. The van der Waals surface area contributed by atoms with E-state index in [1.54, 1.807) is 0 Å². The summed E-state index contributed by atoms with van der Waals surface area (Å²) in [7, 11) is 0. The topological polar surface area (TPSA) is 56.5 Å². The highest BCUT2D eigenvalue weighted by atomic mass is 15.1. The largest absolute Gasteiger partial charge is 0.292 e. The number of benzene rings is 5. The average molecular weight is 544 g/mol. The molecule has 5 aromatic carbocycles. The number of imidazole rings is 1. The van der Waals surface area contributed by atoms with E-state index in [1.165, 1.54) is 5.56 Å². The zero-order valence-electron chi connectivity index (χ0n) is 23.5. The molecule has 0 fully saturated rings. The predicted octanol–water partition coefficient (Wildman–Crippen LogP) is 9.00. The first kappa shape index (κ1) is 25.5. The smallest absolute Gasteiger partial charge is 0.164 e. The van der Waals surface area contributed by atoms with Crippen molar-refractivity contribution < 1.29 is 0 Å². The lowest BCUT2D eigenvalue weighted by atomic mass is 10.0. The van der Waals surface area contributed by atoms with Crippen molar-refractivity contribution in [1.82, 2.24) is 24.5 Å². The van der Waals surface area contributed by atoms with Crippen molar-refractivity contribution in [2.75, 3.05) is 0 Å². The third kappa shape index (κ3) is 4.86. The first-order valence-electron chi connectivity index (χ1n) is 14.2. The Balaban J connectivity index is 1.32. The van der Waals surface area contributed by atoms with Crippen LogP contribution in [0.5, 0.6) is 0 Å². The van der Waals surface area contributed by atoms with Gasteiger partial charge in [-0.2, -0.15) is 0 Å². The van der Waals surface area contributed by atoms with Gasteiger partial charge in [0.1, 0.15) is 5.82 Å². The molecule has 0 aliphatic rings. The van der Waals surface area contributed by atoms with Crippen molar-refractivity contribution in [3.63, 3.8) is 0 Å². The summed E-state index contributed by atoms with van der Waals surface area (Å²) < 4.78 is 2.23. The molecule has 42 heavy (non-hydrogen) atoms. The van der Waals surface area contributed by atoms with Crippen LogP contribution in [0.25, 0.3) is 62.3 Å². The minimum absolute atomic E-state index is 0.478.